The van der Waals surface area contributed by atoms with Crippen molar-refractivity contribution in [1.82, 2.24) is 9.97 Å². The molecule has 0 aliphatic heterocycles. The fourth-order valence-corrected chi connectivity index (χ4v) is 2.56. The van der Waals surface area contributed by atoms with Crippen molar-refractivity contribution in [3.8, 4) is 0 Å². The molecule has 28 heavy (non-hydrogen) atoms. The van der Waals surface area contributed by atoms with Crippen LogP contribution in [0.1, 0.15) is 49.4 Å². The van der Waals surface area contributed by atoms with Gasteiger partial charge in [-0.2, -0.15) is 18.2 Å². The molecule has 1 heterocycles. The molecular formula is C19H24F3N5O. The minimum absolute atomic E-state index is 0.131. The number of rotatable bonds is 8. The van der Waals surface area contributed by atoms with Gasteiger partial charge in [-0.3, -0.25) is 4.79 Å². The van der Waals surface area contributed by atoms with Gasteiger partial charge in [-0.1, -0.05) is 31.9 Å². The Labute approximate surface area is 161 Å². The number of nitrogens with two attached hydrogens (primary N) is 1. The first kappa shape index (κ1) is 21.5. The maximum absolute atomic E-state index is 12.6. The van der Waals surface area contributed by atoms with E-state index in [-0.39, 0.29) is 24.2 Å². The van der Waals surface area contributed by atoms with Crippen LogP contribution in [0.15, 0.2) is 24.3 Å². The summed E-state index contributed by atoms with van der Waals surface area (Å²) in [5.41, 5.74) is 6.75. The van der Waals surface area contributed by atoms with E-state index in [9.17, 15) is 18.0 Å². The van der Waals surface area contributed by atoms with Crippen molar-refractivity contribution in [1.29, 1.82) is 0 Å². The molecule has 0 unspecified atom stereocenters. The number of unbranched alkanes of at least 4 members (excludes halogenated alkanes) is 2. The van der Waals surface area contributed by atoms with Crippen molar-refractivity contribution in [2.75, 3.05) is 16.4 Å². The Bertz CT molecular complexity index is 783. The molecule has 2 rings (SSSR count). The van der Waals surface area contributed by atoms with E-state index in [0.717, 1.165) is 31.4 Å². The first-order valence-electron chi connectivity index (χ1n) is 9.04. The van der Waals surface area contributed by atoms with Gasteiger partial charge in [-0.15, -0.1) is 0 Å². The summed E-state index contributed by atoms with van der Waals surface area (Å²) in [4.78, 5) is 20.3. The Morgan fingerprint density at radius 2 is 1.82 bits per heavy atom. The van der Waals surface area contributed by atoms with E-state index in [0.29, 0.717) is 23.4 Å². The lowest BCUT2D eigenvalue weighted by atomic mass is 10.1. The molecule has 1 amide bonds. The average molecular weight is 395 g/mol. The lowest BCUT2D eigenvalue weighted by Crippen LogP contribution is -2.16. The van der Waals surface area contributed by atoms with Crippen LogP contribution in [0.25, 0.3) is 0 Å². The zero-order chi connectivity index (χ0) is 20.7. The molecule has 6 nitrogen and oxygen atoms in total. The number of alkyl halides is 3. The van der Waals surface area contributed by atoms with Gasteiger partial charge in [0.25, 0.3) is 0 Å². The normalized spacial score (nSPS) is 11.3. The van der Waals surface area contributed by atoms with Crippen molar-refractivity contribution >= 4 is 23.4 Å². The summed E-state index contributed by atoms with van der Waals surface area (Å²) in [5, 5.41) is 5.66. The largest absolute Gasteiger partial charge is 0.416 e. The number of nitrogens with zero attached hydrogens (tertiary/aromatic N) is 2. The first-order chi connectivity index (χ1) is 13.2. The highest BCUT2D eigenvalue weighted by molar-refractivity contribution is 5.94. The highest BCUT2D eigenvalue weighted by Crippen LogP contribution is 2.29. The molecule has 0 bridgehead atoms. The third-order valence-electron chi connectivity index (χ3n) is 4.12. The molecule has 0 saturated heterocycles. The second kappa shape index (κ2) is 9.38. The first-order valence-corrected chi connectivity index (χ1v) is 9.04. The van der Waals surface area contributed by atoms with Gasteiger partial charge in [0.1, 0.15) is 5.69 Å². The van der Waals surface area contributed by atoms with Crippen molar-refractivity contribution < 1.29 is 18.0 Å². The number of carbonyl (C=O) groups excluding carboxylic acids is 1. The quantitative estimate of drug-likeness (QED) is 0.572. The molecule has 0 saturated carbocycles. The second-order valence-corrected chi connectivity index (χ2v) is 6.45. The minimum atomic E-state index is -4.36. The standard InChI is InChI=1S/C19H24F3N5O/c1-3-4-5-6-15(28)26-16-12(2)25-18(27-17(16)23)24-11-13-7-9-14(10-8-13)19(20,21)22/h7-10H,3-6,11H2,1-2H3,(H,26,28)(H3,23,24,25,27). The van der Waals surface area contributed by atoms with Crippen LogP contribution in [0.5, 0.6) is 0 Å². The van der Waals surface area contributed by atoms with E-state index in [4.69, 9.17) is 5.73 Å². The number of hydrogen-bond acceptors (Lipinski definition) is 5. The molecule has 0 fully saturated rings. The maximum atomic E-state index is 12.6. The van der Waals surface area contributed by atoms with E-state index >= 15 is 0 Å². The van der Waals surface area contributed by atoms with E-state index < -0.39 is 11.7 Å². The number of aromatic nitrogens is 2. The fraction of sp³-hybridized carbons (Fsp3) is 0.421. The molecular weight excluding hydrogens is 371 g/mol. The van der Waals surface area contributed by atoms with Crippen molar-refractivity contribution in [2.24, 2.45) is 0 Å². The summed E-state index contributed by atoms with van der Waals surface area (Å²) in [7, 11) is 0. The van der Waals surface area contributed by atoms with Crippen molar-refractivity contribution in [2.45, 2.75) is 52.3 Å². The SMILES string of the molecule is CCCCCC(=O)Nc1c(C)nc(NCc2ccc(C(F)(F)F)cc2)nc1N. The van der Waals surface area contributed by atoms with Gasteiger partial charge in [0.2, 0.25) is 11.9 Å². The van der Waals surface area contributed by atoms with Gasteiger partial charge in [0.05, 0.1) is 11.3 Å². The minimum Gasteiger partial charge on any atom is -0.382 e. The summed E-state index contributed by atoms with van der Waals surface area (Å²) in [5.74, 6) is 0.224. The molecule has 4 N–H and O–H groups in total. The molecule has 1 aromatic carbocycles. The predicted molar refractivity (Wildman–Crippen MR) is 103 cm³/mol. The van der Waals surface area contributed by atoms with E-state index in [1.165, 1.54) is 12.1 Å². The summed E-state index contributed by atoms with van der Waals surface area (Å²) in [6, 6.07) is 4.82. The summed E-state index contributed by atoms with van der Waals surface area (Å²) in [6.45, 7) is 3.99. The summed E-state index contributed by atoms with van der Waals surface area (Å²) < 4.78 is 37.8. The number of carbonyl (C=O) groups is 1. The van der Waals surface area contributed by atoms with Crippen LogP contribution in [0.4, 0.5) is 30.6 Å². The van der Waals surface area contributed by atoms with Gasteiger partial charge in [0.15, 0.2) is 5.82 Å². The average Bonchev–Trinajstić information content (AvgIpc) is 2.63. The Morgan fingerprint density at radius 1 is 1.14 bits per heavy atom. The number of aryl methyl sites for hydroxylation is 1. The van der Waals surface area contributed by atoms with Crippen molar-refractivity contribution in [3.05, 3.63) is 41.1 Å². The Balaban J connectivity index is 1.99. The topological polar surface area (TPSA) is 92.9 Å². The van der Waals surface area contributed by atoms with E-state index in [1.54, 1.807) is 6.92 Å². The second-order valence-electron chi connectivity index (χ2n) is 6.45. The zero-order valence-corrected chi connectivity index (χ0v) is 15.9. The molecule has 0 spiro atoms. The summed E-state index contributed by atoms with van der Waals surface area (Å²) >= 11 is 0. The van der Waals surface area contributed by atoms with Crippen LogP contribution >= 0.6 is 0 Å². The Kier molecular flexibility index (Phi) is 7.19. The van der Waals surface area contributed by atoms with E-state index in [2.05, 4.69) is 27.5 Å². The van der Waals surface area contributed by atoms with Crippen LogP contribution in [0.2, 0.25) is 0 Å². The van der Waals surface area contributed by atoms with Crippen LogP contribution in [0.3, 0.4) is 0 Å². The number of hydrogen-bond donors (Lipinski definition) is 3. The Hall–Kier alpha value is -2.84. The molecule has 0 atom stereocenters. The van der Waals surface area contributed by atoms with Crippen LogP contribution in [0, 0.1) is 6.92 Å². The molecule has 0 aliphatic rings. The number of benzene rings is 1. The highest BCUT2D eigenvalue weighted by Gasteiger charge is 2.29. The van der Waals surface area contributed by atoms with Gasteiger partial charge in [-0.25, -0.2) is 4.98 Å². The van der Waals surface area contributed by atoms with Gasteiger partial charge >= 0.3 is 6.18 Å². The lowest BCUT2D eigenvalue weighted by molar-refractivity contribution is -0.137. The van der Waals surface area contributed by atoms with Gasteiger partial charge in [0, 0.05) is 13.0 Å². The third-order valence-corrected chi connectivity index (χ3v) is 4.12. The number of nitrogens with one attached hydrogen (secondary N) is 2. The number of nitrogen functional groups attached to an aromatic ring is 1. The molecule has 0 radical (unpaired) electrons. The summed E-state index contributed by atoms with van der Waals surface area (Å²) in [6.07, 6.45) is -1.16. The zero-order valence-electron chi connectivity index (χ0n) is 15.9. The smallest absolute Gasteiger partial charge is 0.382 e. The predicted octanol–water partition coefficient (Wildman–Crippen LogP) is 4.52. The number of halogens is 3. The van der Waals surface area contributed by atoms with Crippen LogP contribution in [-0.4, -0.2) is 15.9 Å². The maximum Gasteiger partial charge on any atom is 0.416 e. The monoisotopic (exact) mass is 395 g/mol. The number of amides is 1. The number of anilines is 3. The molecule has 2 aromatic rings. The third kappa shape index (κ3) is 6.11. The van der Waals surface area contributed by atoms with Crippen LogP contribution in [-0.2, 0) is 17.5 Å². The highest BCUT2D eigenvalue weighted by atomic mass is 19.4. The molecule has 1 aromatic heterocycles. The lowest BCUT2D eigenvalue weighted by Gasteiger charge is -2.13. The Morgan fingerprint density at radius 3 is 2.39 bits per heavy atom. The molecule has 9 heteroatoms. The molecule has 152 valence electrons. The fourth-order valence-electron chi connectivity index (χ4n) is 2.56. The van der Waals surface area contributed by atoms with Gasteiger partial charge in [-0.05, 0) is 31.0 Å². The molecule has 0 aliphatic carbocycles. The van der Waals surface area contributed by atoms with Crippen molar-refractivity contribution in [3.63, 3.8) is 0 Å². The van der Waals surface area contributed by atoms with E-state index in [1.807, 2.05) is 0 Å². The van der Waals surface area contributed by atoms with Crippen LogP contribution < -0.4 is 16.4 Å². The van der Waals surface area contributed by atoms with Gasteiger partial charge < -0.3 is 16.4 Å².